The predicted octanol–water partition coefficient (Wildman–Crippen LogP) is 3.55. The summed E-state index contributed by atoms with van der Waals surface area (Å²) in [4.78, 5) is 41.0. The van der Waals surface area contributed by atoms with Gasteiger partial charge >= 0.3 is 5.97 Å². The van der Waals surface area contributed by atoms with Gasteiger partial charge in [-0.05, 0) is 40.8 Å². The first-order valence-electron chi connectivity index (χ1n) is 12.6. The number of nitrogens with zero attached hydrogens (tertiary/aromatic N) is 1. The number of amides is 2. The molecule has 0 unspecified atom stereocenters. The predicted molar refractivity (Wildman–Crippen MR) is 147 cm³/mol. The van der Waals surface area contributed by atoms with Crippen molar-refractivity contribution in [2.45, 2.75) is 30.9 Å². The second kappa shape index (κ2) is 11.3. The quantitative estimate of drug-likeness (QED) is 0.293. The van der Waals surface area contributed by atoms with Crippen molar-refractivity contribution in [3.8, 4) is 5.75 Å². The Balaban J connectivity index is 1.37. The van der Waals surface area contributed by atoms with Crippen LogP contribution in [0.15, 0.2) is 90.1 Å². The number of hydrogen-bond donors (Lipinski definition) is 3. The molecular weight excluding hydrogens is 516 g/mol. The lowest BCUT2D eigenvalue weighted by molar-refractivity contribution is -0.153. The van der Waals surface area contributed by atoms with E-state index in [4.69, 9.17) is 4.74 Å². The average Bonchev–Trinajstić information content (AvgIpc) is 2.98. The van der Waals surface area contributed by atoms with Crippen LogP contribution in [0.5, 0.6) is 5.75 Å². The normalized spacial score (nSPS) is 18.4. The molecule has 0 radical (unpaired) electrons. The first kappa shape index (κ1) is 26.5. The van der Waals surface area contributed by atoms with Gasteiger partial charge in [-0.3, -0.25) is 14.5 Å². The van der Waals surface area contributed by atoms with Crippen LogP contribution < -0.4 is 5.32 Å². The lowest BCUT2D eigenvalue weighted by atomic mass is 10.0. The molecule has 200 valence electrons. The summed E-state index contributed by atoms with van der Waals surface area (Å²) in [5.74, 6) is -1.67. The molecule has 2 aliphatic rings. The smallest absolute Gasteiger partial charge is 0.356 e. The Morgan fingerprint density at radius 1 is 1.05 bits per heavy atom. The van der Waals surface area contributed by atoms with Gasteiger partial charge in [0.15, 0.2) is 6.10 Å². The number of aryl methyl sites for hydroxylation is 1. The number of benzene rings is 3. The summed E-state index contributed by atoms with van der Waals surface area (Å²) in [5, 5.41) is 22.4. The highest BCUT2D eigenvalue weighted by Gasteiger charge is 2.54. The van der Waals surface area contributed by atoms with Crippen molar-refractivity contribution in [2.75, 3.05) is 12.4 Å². The van der Waals surface area contributed by atoms with Gasteiger partial charge in [0.1, 0.15) is 22.9 Å². The van der Waals surface area contributed by atoms with Crippen LogP contribution in [-0.2, 0) is 20.7 Å². The van der Waals surface area contributed by atoms with Crippen LogP contribution in [0.1, 0.15) is 40.1 Å². The van der Waals surface area contributed by atoms with Crippen LogP contribution in [0, 0.1) is 0 Å². The number of nitrogens with one attached hydrogen (secondary N) is 1. The van der Waals surface area contributed by atoms with E-state index >= 15 is 0 Å². The molecule has 0 bridgehead atoms. The van der Waals surface area contributed by atoms with Gasteiger partial charge in [-0.2, -0.15) is 0 Å². The fourth-order valence-electron chi connectivity index (χ4n) is 4.75. The third-order valence-electron chi connectivity index (χ3n) is 6.86. The molecule has 3 aromatic rings. The topological polar surface area (TPSA) is 116 Å². The molecule has 5 rings (SSSR count). The monoisotopic (exact) mass is 544 g/mol. The SMILES string of the molecule is CCc1ccc(C(=O)N[C@H]2C(=O)N3C(C(=O)OC(c4ccccc4)c4ccccc4)=C(CO)CS[C@@H]23)c(O)c1. The van der Waals surface area contributed by atoms with Gasteiger partial charge in [0.05, 0.1) is 12.2 Å². The molecule has 2 atom stereocenters. The van der Waals surface area contributed by atoms with Crippen molar-refractivity contribution in [1.29, 1.82) is 0 Å². The molecule has 0 aromatic heterocycles. The minimum Gasteiger partial charge on any atom is -0.507 e. The van der Waals surface area contributed by atoms with Crippen molar-refractivity contribution in [1.82, 2.24) is 10.2 Å². The number of carbonyl (C=O) groups is 3. The van der Waals surface area contributed by atoms with Crippen LogP contribution in [-0.4, -0.2) is 56.7 Å². The van der Waals surface area contributed by atoms with Crippen LogP contribution in [0.3, 0.4) is 0 Å². The summed E-state index contributed by atoms with van der Waals surface area (Å²) < 4.78 is 5.99. The fraction of sp³-hybridized carbons (Fsp3) is 0.233. The number of aromatic hydroxyl groups is 1. The number of β-lactam (4-membered cyclic amide) rings is 1. The zero-order valence-electron chi connectivity index (χ0n) is 21.2. The second-order valence-corrected chi connectivity index (χ2v) is 10.4. The van der Waals surface area contributed by atoms with E-state index in [2.05, 4.69) is 5.32 Å². The lowest BCUT2D eigenvalue weighted by Gasteiger charge is -2.49. The molecule has 1 fully saturated rings. The Morgan fingerprint density at radius 2 is 1.69 bits per heavy atom. The number of fused-ring (bicyclic) bond motifs is 1. The molecule has 39 heavy (non-hydrogen) atoms. The zero-order chi connectivity index (χ0) is 27.5. The van der Waals surface area contributed by atoms with Crippen LogP contribution in [0.2, 0.25) is 0 Å². The Kier molecular flexibility index (Phi) is 7.72. The maximum Gasteiger partial charge on any atom is 0.356 e. The summed E-state index contributed by atoms with van der Waals surface area (Å²) in [5.41, 5.74) is 2.86. The fourth-order valence-corrected chi connectivity index (χ4v) is 6.08. The maximum absolute atomic E-state index is 13.6. The molecule has 3 N–H and O–H groups in total. The molecular formula is C30H28N2O6S. The summed E-state index contributed by atoms with van der Waals surface area (Å²) in [6.45, 7) is 1.53. The van der Waals surface area contributed by atoms with Crippen LogP contribution in [0.4, 0.5) is 0 Å². The highest BCUT2D eigenvalue weighted by molar-refractivity contribution is 8.00. The number of esters is 1. The van der Waals surface area contributed by atoms with Gasteiger partial charge < -0.3 is 20.3 Å². The molecule has 0 aliphatic carbocycles. The van der Waals surface area contributed by atoms with Gasteiger partial charge in [-0.1, -0.05) is 73.7 Å². The van der Waals surface area contributed by atoms with E-state index in [1.54, 1.807) is 6.07 Å². The highest BCUT2D eigenvalue weighted by atomic mass is 32.2. The van der Waals surface area contributed by atoms with E-state index < -0.39 is 41.9 Å². The number of hydrogen-bond acceptors (Lipinski definition) is 7. The van der Waals surface area contributed by atoms with Crippen LogP contribution in [0.25, 0.3) is 0 Å². The van der Waals surface area contributed by atoms with Crippen molar-refractivity contribution >= 4 is 29.5 Å². The first-order chi connectivity index (χ1) is 18.9. The Labute approximate surface area is 230 Å². The molecule has 9 heteroatoms. The number of phenolic OH excluding ortho intramolecular Hbond substituents is 1. The third-order valence-corrected chi connectivity index (χ3v) is 8.20. The second-order valence-electron chi connectivity index (χ2n) is 9.28. The van der Waals surface area contributed by atoms with E-state index in [0.29, 0.717) is 17.7 Å². The molecule has 1 saturated heterocycles. The zero-order valence-corrected chi connectivity index (χ0v) is 22.1. The van der Waals surface area contributed by atoms with Crippen LogP contribution >= 0.6 is 11.8 Å². The van der Waals surface area contributed by atoms with Gasteiger partial charge in [0.25, 0.3) is 11.8 Å². The standard InChI is InChI=1S/C30H28N2O6S/c1-2-18-13-14-22(23(34)15-18)27(35)31-24-28(36)32-25(21(16-33)17-39-29(24)32)30(37)38-26(19-9-5-3-6-10-19)20-11-7-4-8-12-20/h3-15,24,26,29,33-34H,2,16-17H2,1H3,(H,31,35)/t24-,29-/m0/s1. The minimum absolute atomic E-state index is 0.00348. The van der Waals surface area contributed by atoms with Crippen molar-refractivity contribution < 1.29 is 29.3 Å². The summed E-state index contributed by atoms with van der Waals surface area (Å²) in [6.07, 6.45) is -0.0146. The highest BCUT2D eigenvalue weighted by Crippen LogP contribution is 2.41. The summed E-state index contributed by atoms with van der Waals surface area (Å²) in [6, 6.07) is 22.5. The van der Waals surface area contributed by atoms with Crippen molar-refractivity contribution in [3.05, 3.63) is 112 Å². The lowest BCUT2D eigenvalue weighted by Crippen LogP contribution is -2.70. The van der Waals surface area contributed by atoms with Gasteiger partial charge in [0.2, 0.25) is 0 Å². The number of rotatable bonds is 8. The van der Waals surface area contributed by atoms with E-state index in [1.807, 2.05) is 67.6 Å². The molecule has 8 nitrogen and oxygen atoms in total. The number of ether oxygens (including phenoxy) is 1. The molecule has 3 aromatic carbocycles. The maximum atomic E-state index is 13.6. The molecule has 2 amide bonds. The Hall–Kier alpha value is -4.08. The summed E-state index contributed by atoms with van der Waals surface area (Å²) in [7, 11) is 0. The van der Waals surface area contributed by atoms with E-state index in [9.17, 15) is 24.6 Å². The van der Waals surface area contributed by atoms with Gasteiger partial charge in [-0.15, -0.1) is 11.8 Å². The number of carbonyl (C=O) groups excluding carboxylic acids is 3. The van der Waals surface area contributed by atoms with E-state index in [-0.39, 0.29) is 17.0 Å². The Bertz CT molecular complexity index is 1390. The molecule has 2 aliphatic heterocycles. The Morgan fingerprint density at radius 3 is 2.26 bits per heavy atom. The number of aliphatic hydroxyl groups excluding tert-OH is 1. The largest absolute Gasteiger partial charge is 0.507 e. The van der Waals surface area contributed by atoms with Crippen molar-refractivity contribution in [2.24, 2.45) is 0 Å². The minimum atomic E-state index is -0.894. The van der Waals surface area contributed by atoms with Gasteiger partial charge in [0, 0.05) is 5.75 Å². The number of thioether (sulfide) groups is 1. The molecule has 0 spiro atoms. The number of phenols is 1. The number of aliphatic hydroxyl groups is 1. The molecule has 2 heterocycles. The average molecular weight is 545 g/mol. The van der Waals surface area contributed by atoms with E-state index in [0.717, 1.165) is 16.7 Å². The summed E-state index contributed by atoms with van der Waals surface area (Å²) >= 11 is 1.34. The third kappa shape index (κ3) is 5.15. The first-order valence-corrected chi connectivity index (χ1v) is 13.7. The van der Waals surface area contributed by atoms with Gasteiger partial charge in [-0.25, -0.2) is 4.79 Å². The van der Waals surface area contributed by atoms with Crippen molar-refractivity contribution in [3.63, 3.8) is 0 Å². The van der Waals surface area contributed by atoms with E-state index in [1.165, 1.54) is 28.8 Å². The molecule has 0 saturated carbocycles.